The summed E-state index contributed by atoms with van der Waals surface area (Å²) in [6.07, 6.45) is 2.86. The van der Waals surface area contributed by atoms with Crippen molar-refractivity contribution in [1.29, 1.82) is 0 Å². The van der Waals surface area contributed by atoms with Crippen LogP contribution in [0.4, 0.5) is 0 Å². The number of benzene rings is 3. The summed E-state index contributed by atoms with van der Waals surface area (Å²) >= 11 is 0. The van der Waals surface area contributed by atoms with Crippen molar-refractivity contribution in [3.8, 4) is 22.3 Å². The van der Waals surface area contributed by atoms with E-state index in [1.807, 2.05) is 0 Å². The van der Waals surface area contributed by atoms with Crippen LogP contribution in [0.15, 0.2) is 66.7 Å². The van der Waals surface area contributed by atoms with Crippen molar-refractivity contribution in [2.24, 2.45) is 11.8 Å². The van der Waals surface area contributed by atoms with E-state index < -0.39 is 0 Å². The Balaban J connectivity index is 1.61. The molecule has 2 aliphatic carbocycles. The highest BCUT2D eigenvalue weighted by Gasteiger charge is 2.53. The van der Waals surface area contributed by atoms with E-state index in [1.165, 1.54) is 46.2 Å². The molecule has 2 aliphatic rings. The molecule has 3 aromatic rings. The third kappa shape index (κ3) is 2.70. The molecule has 3 atom stereocenters. The standard InChI is InChI=1S/C25H24/c1-16-3-7-18(8-4-16)20-11-21(19-9-5-17(2)6-10-19)13-22(12-20)24-14-23-15-25(23)24/h3-13,23-25H,14-15H2,1-2H3. The summed E-state index contributed by atoms with van der Waals surface area (Å²) in [5, 5.41) is 0. The van der Waals surface area contributed by atoms with Gasteiger partial charge in [0.2, 0.25) is 0 Å². The van der Waals surface area contributed by atoms with E-state index in [0.29, 0.717) is 0 Å². The van der Waals surface area contributed by atoms with Crippen molar-refractivity contribution in [2.45, 2.75) is 32.6 Å². The lowest BCUT2D eigenvalue weighted by Crippen LogP contribution is -2.13. The molecule has 5 rings (SSSR count). The predicted octanol–water partition coefficient (Wildman–Crippen LogP) is 6.76. The van der Waals surface area contributed by atoms with Crippen LogP contribution in [0, 0.1) is 25.7 Å². The highest BCUT2D eigenvalue weighted by Crippen LogP contribution is 2.64. The molecule has 3 unspecified atom stereocenters. The lowest BCUT2D eigenvalue weighted by molar-refractivity contribution is 0.388. The van der Waals surface area contributed by atoms with Crippen LogP contribution in [0.25, 0.3) is 22.3 Å². The molecular formula is C25H24. The molecule has 2 fully saturated rings. The molecular weight excluding hydrogens is 300 g/mol. The maximum Gasteiger partial charge on any atom is -0.0128 e. The third-order valence-corrected chi connectivity index (χ3v) is 6.20. The number of hydrogen-bond acceptors (Lipinski definition) is 0. The fraction of sp³-hybridized carbons (Fsp3) is 0.280. The van der Waals surface area contributed by atoms with Gasteiger partial charge in [0.1, 0.15) is 0 Å². The Morgan fingerprint density at radius 1 is 0.600 bits per heavy atom. The maximum atomic E-state index is 2.45. The summed E-state index contributed by atoms with van der Waals surface area (Å²) in [6.45, 7) is 4.30. The van der Waals surface area contributed by atoms with Gasteiger partial charge in [0.25, 0.3) is 0 Å². The van der Waals surface area contributed by atoms with Gasteiger partial charge in [-0.2, -0.15) is 0 Å². The van der Waals surface area contributed by atoms with E-state index in [9.17, 15) is 0 Å². The summed E-state index contributed by atoms with van der Waals surface area (Å²) in [5.74, 6) is 2.80. The molecule has 0 aliphatic heterocycles. The zero-order valence-electron chi connectivity index (χ0n) is 15.0. The second-order valence-corrected chi connectivity index (χ2v) is 8.08. The van der Waals surface area contributed by atoms with E-state index in [4.69, 9.17) is 0 Å². The fourth-order valence-electron chi connectivity index (χ4n) is 4.41. The van der Waals surface area contributed by atoms with Gasteiger partial charge in [0, 0.05) is 0 Å². The van der Waals surface area contributed by atoms with Crippen LogP contribution in [-0.2, 0) is 0 Å². The Kier molecular flexibility index (Phi) is 3.35. The molecule has 0 spiro atoms. The SMILES string of the molecule is Cc1ccc(-c2cc(-c3ccc(C)cc3)cc(C3CC4CC43)c2)cc1. The van der Waals surface area contributed by atoms with Crippen LogP contribution < -0.4 is 0 Å². The average Bonchev–Trinajstić information content (AvgIpc) is 3.25. The minimum absolute atomic E-state index is 0.791. The molecule has 2 saturated carbocycles. The zero-order valence-corrected chi connectivity index (χ0v) is 15.0. The van der Waals surface area contributed by atoms with Crippen molar-refractivity contribution in [1.82, 2.24) is 0 Å². The van der Waals surface area contributed by atoms with E-state index in [-0.39, 0.29) is 0 Å². The van der Waals surface area contributed by atoms with Gasteiger partial charge in [0.05, 0.1) is 0 Å². The van der Waals surface area contributed by atoms with Crippen molar-refractivity contribution in [3.63, 3.8) is 0 Å². The molecule has 0 heterocycles. The second kappa shape index (κ2) is 5.59. The molecule has 0 aromatic heterocycles. The molecule has 0 nitrogen and oxygen atoms in total. The highest BCUT2D eigenvalue weighted by atomic mass is 14.6. The monoisotopic (exact) mass is 324 g/mol. The van der Waals surface area contributed by atoms with E-state index in [2.05, 4.69) is 80.6 Å². The Morgan fingerprint density at radius 2 is 1.12 bits per heavy atom. The van der Waals surface area contributed by atoms with Crippen molar-refractivity contribution in [2.75, 3.05) is 0 Å². The molecule has 0 heteroatoms. The van der Waals surface area contributed by atoms with Crippen molar-refractivity contribution < 1.29 is 0 Å². The van der Waals surface area contributed by atoms with E-state index in [0.717, 1.165) is 17.8 Å². The molecule has 3 aromatic carbocycles. The van der Waals surface area contributed by atoms with Crippen LogP contribution in [0.3, 0.4) is 0 Å². The molecule has 0 N–H and O–H groups in total. The summed E-state index contributed by atoms with van der Waals surface area (Å²) in [6, 6.07) is 25.2. The van der Waals surface area contributed by atoms with Gasteiger partial charge in [-0.3, -0.25) is 0 Å². The first-order chi connectivity index (χ1) is 12.2. The van der Waals surface area contributed by atoms with Gasteiger partial charge in [-0.15, -0.1) is 0 Å². The minimum atomic E-state index is 0.791. The Morgan fingerprint density at radius 3 is 1.52 bits per heavy atom. The van der Waals surface area contributed by atoms with Gasteiger partial charge >= 0.3 is 0 Å². The maximum absolute atomic E-state index is 2.45. The first kappa shape index (κ1) is 15.0. The van der Waals surface area contributed by atoms with Crippen LogP contribution in [0.2, 0.25) is 0 Å². The van der Waals surface area contributed by atoms with Gasteiger partial charge in [-0.25, -0.2) is 0 Å². The van der Waals surface area contributed by atoms with Crippen LogP contribution in [0.1, 0.15) is 35.4 Å². The lowest BCUT2D eigenvalue weighted by Gasteiger charge is -2.26. The second-order valence-electron chi connectivity index (χ2n) is 8.08. The Labute approximate surface area is 150 Å². The minimum Gasteiger partial charge on any atom is -0.0587 e. The summed E-state index contributed by atoms with van der Waals surface area (Å²) < 4.78 is 0. The van der Waals surface area contributed by atoms with Crippen molar-refractivity contribution in [3.05, 3.63) is 83.4 Å². The van der Waals surface area contributed by atoms with E-state index >= 15 is 0 Å². The smallest absolute Gasteiger partial charge is 0.0128 e. The molecule has 0 bridgehead atoms. The molecule has 0 amide bonds. The molecule has 25 heavy (non-hydrogen) atoms. The predicted molar refractivity (Wildman–Crippen MR) is 106 cm³/mol. The van der Waals surface area contributed by atoms with Crippen LogP contribution in [-0.4, -0.2) is 0 Å². The van der Waals surface area contributed by atoms with Crippen LogP contribution in [0.5, 0.6) is 0 Å². The number of aryl methyl sites for hydroxylation is 2. The molecule has 124 valence electrons. The molecule has 0 radical (unpaired) electrons. The average molecular weight is 324 g/mol. The normalized spacial score (nSPS) is 23.7. The quantitative estimate of drug-likeness (QED) is 0.499. The fourth-order valence-corrected chi connectivity index (χ4v) is 4.41. The largest absolute Gasteiger partial charge is 0.0587 e. The zero-order chi connectivity index (χ0) is 17.0. The third-order valence-electron chi connectivity index (χ3n) is 6.20. The summed E-state index contributed by atoms with van der Waals surface area (Å²) in [7, 11) is 0. The highest BCUT2D eigenvalue weighted by molar-refractivity contribution is 5.75. The number of fused-ring (bicyclic) bond motifs is 1. The Hall–Kier alpha value is -2.34. The number of rotatable bonds is 3. The van der Waals surface area contributed by atoms with Gasteiger partial charge in [-0.1, -0.05) is 71.8 Å². The molecule has 0 saturated heterocycles. The Bertz CT molecular complexity index is 852. The van der Waals surface area contributed by atoms with Crippen LogP contribution >= 0.6 is 0 Å². The van der Waals surface area contributed by atoms with Gasteiger partial charge < -0.3 is 0 Å². The topological polar surface area (TPSA) is 0 Å². The van der Waals surface area contributed by atoms with Crippen molar-refractivity contribution >= 4 is 0 Å². The first-order valence-corrected chi connectivity index (χ1v) is 9.46. The number of hydrogen-bond donors (Lipinski definition) is 0. The summed E-state index contributed by atoms with van der Waals surface area (Å²) in [4.78, 5) is 0. The summed E-state index contributed by atoms with van der Waals surface area (Å²) in [5.41, 5.74) is 9.55. The first-order valence-electron chi connectivity index (χ1n) is 9.46. The van der Waals surface area contributed by atoms with E-state index in [1.54, 1.807) is 5.56 Å². The van der Waals surface area contributed by atoms with Gasteiger partial charge in [-0.05, 0) is 78.3 Å². The van der Waals surface area contributed by atoms with Gasteiger partial charge in [0.15, 0.2) is 0 Å². The lowest BCUT2D eigenvalue weighted by atomic mass is 9.78.